The van der Waals surface area contributed by atoms with Crippen molar-refractivity contribution in [2.24, 2.45) is 5.92 Å². The number of piperidine rings is 1. The Labute approximate surface area is 119 Å². The Morgan fingerprint density at radius 1 is 1.25 bits per heavy atom. The van der Waals surface area contributed by atoms with E-state index >= 15 is 0 Å². The van der Waals surface area contributed by atoms with Gasteiger partial charge in [-0.3, -0.25) is 0 Å². The maximum absolute atomic E-state index is 5.50. The summed E-state index contributed by atoms with van der Waals surface area (Å²) in [7, 11) is 1.69. The molecule has 0 atom stereocenters. The highest BCUT2D eigenvalue weighted by molar-refractivity contribution is 5.71. The molecule has 4 heteroatoms. The molecule has 0 radical (unpaired) electrons. The first-order valence-corrected chi connectivity index (χ1v) is 7.16. The number of nitrogens with zero attached hydrogens (tertiary/aromatic N) is 1. The molecule has 2 aromatic rings. The molecule has 1 aromatic carbocycles. The summed E-state index contributed by atoms with van der Waals surface area (Å²) in [6.07, 6.45) is 5.15. The first-order chi connectivity index (χ1) is 9.88. The van der Waals surface area contributed by atoms with E-state index in [0.717, 1.165) is 42.1 Å². The zero-order chi connectivity index (χ0) is 13.8. The predicted molar refractivity (Wildman–Crippen MR) is 77.8 cm³/mol. The number of hydrogen-bond donors (Lipinski definition) is 1. The third-order valence-electron chi connectivity index (χ3n) is 3.98. The third-order valence-corrected chi connectivity index (χ3v) is 3.98. The van der Waals surface area contributed by atoms with Crippen LogP contribution in [0.5, 0.6) is 5.75 Å². The molecule has 0 amide bonds. The van der Waals surface area contributed by atoms with E-state index in [1.807, 2.05) is 18.2 Å². The minimum atomic E-state index is 0.678. The smallest absolute Gasteiger partial charge is 0.144 e. The lowest BCUT2D eigenvalue weighted by atomic mass is 9.91. The van der Waals surface area contributed by atoms with Crippen LogP contribution in [0.15, 0.2) is 35.0 Å². The zero-order valence-electron chi connectivity index (χ0n) is 11.8. The van der Waals surface area contributed by atoms with Gasteiger partial charge in [0, 0.05) is 17.5 Å². The first-order valence-electron chi connectivity index (χ1n) is 7.16. The molecule has 0 spiro atoms. The van der Waals surface area contributed by atoms with Crippen LogP contribution in [-0.4, -0.2) is 25.4 Å². The number of nitrogens with one attached hydrogen (secondary N) is 1. The van der Waals surface area contributed by atoms with Gasteiger partial charge in [0.15, 0.2) is 0 Å². The minimum Gasteiger partial charge on any atom is -0.496 e. The van der Waals surface area contributed by atoms with Gasteiger partial charge in [0.25, 0.3) is 0 Å². The van der Waals surface area contributed by atoms with Gasteiger partial charge in [0.1, 0.15) is 11.5 Å². The highest BCUT2D eigenvalue weighted by atomic mass is 16.5. The maximum atomic E-state index is 5.50. The van der Waals surface area contributed by atoms with Crippen molar-refractivity contribution in [1.82, 2.24) is 10.5 Å². The summed E-state index contributed by atoms with van der Waals surface area (Å²) in [4.78, 5) is 0. The molecule has 1 fully saturated rings. The molecule has 0 unspecified atom stereocenters. The molecule has 106 valence electrons. The third kappa shape index (κ3) is 2.70. The Bertz CT molecular complexity index is 559. The molecule has 20 heavy (non-hydrogen) atoms. The van der Waals surface area contributed by atoms with E-state index in [1.54, 1.807) is 13.3 Å². The van der Waals surface area contributed by atoms with Gasteiger partial charge in [0.2, 0.25) is 0 Å². The number of ether oxygens (including phenoxy) is 1. The number of aromatic nitrogens is 1. The molecule has 0 bridgehead atoms. The number of rotatable bonds is 4. The summed E-state index contributed by atoms with van der Waals surface area (Å²) in [5, 5.41) is 7.39. The van der Waals surface area contributed by atoms with Gasteiger partial charge < -0.3 is 14.6 Å². The van der Waals surface area contributed by atoms with Gasteiger partial charge in [-0.1, -0.05) is 23.4 Å². The molecule has 0 aliphatic carbocycles. The van der Waals surface area contributed by atoms with Crippen LogP contribution in [0.2, 0.25) is 0 Å². The van der Waals surface area contributed by atoms with E-state index in [4.69, 9.17) is 9.26 Å². The van der Waals surface area contributed by atoms with Gasteiger partial charge >= 0.3 is 0 Å². The first kappa shape index (κ1) is 13.2. The lowest BCUT2D eigenvalue weighted by Crippen LogP contribution is -2.28. The number of hydrogen-bond acceptors (Lipinski definition) is 4. The lowest BCUT2D eigenvalue weighted by Gasteiger charge is -2.21. The average Bonchev–Trinajstić information content (AvgIpc) is 2.96. The largest absolute Gasteiger partial charge is 0.496 e. The van der Waals surface area contributed by atoms with Crippen molar-refractivity contribution < 1.29 is 9.26 Å². The molecule has 4 nitrogen and oxygen atoms in total. The standard InChI is InChI=1S/C16H20N2O2/c1-19-15-5-3-2-4-13(15)14-11-18-20-16(14)10-12-6-8-17-9-7-12/h2-5,11-12,17H,6-10H2,1H3. The molecule has 1 aliphatic rings. The highest BCUT2D eigenvalue weighted by Crippen LogP contribution is 2.33. The Balaban J connectivity index is 1.85. The van der Waals surface area contributed by atoms with Gasteiger partial charge in [0.05, 0.1) is 13.3 Å². The Morgan fingerprint density at radius 3 is 2.85 bits per heavy atom. The van der Waals surface area contributed by atoms with E-state index in [2.05, 4.69) is 16.5 Å². The van der Waals surface area contributed by atoms with Crippen molar-refractivity contribution in [1.29, 1.82) is 0 Å². The summed E-state index contributed by atoms with van der Waals surface area (Å²) in [5.41, 5.74) is 2.11. The minimum absolute atomic E-state index is 0.678. The van der Waals surface area contributed by atoms with Crippen LogP contribution in [-0.2, 0) is 6.42 Å². The van der Waals surface area contributed by atoms with E-state index in [-0.39, 0.29) is 0 Å². The topological polar surface area (TPSA) is 47.3 Å². The predicted octanol–water partition coefficient (Wildman–Crippen LogP) is 2.89. The molecular weight excluding hydrogens is 252 g/mol. The average molecular weight is 272 g/mol. The molecule has 0 saturated carbocycles. The quantitative estimate of drug-likeness (QED) is 0.929. The van der Waals surface area contributed by atoms with Crippen LogP contribution in [0, 0.1) is 5.92 Å². The van der Waals surface area contributed by atoms with Crippen molar-refractivity contribution >= 4 is 0 Å². The van der Waals surface area contributed by atoms with Crippen molar-refractivity contribution in [2.45, 2.75) is 19.3 Å². The summed E-state index contributed by atoms with van der Waals surface area (Å²) < 4.78 is 10.9. The van der Waals surface area contributed by atoms with Crippen molar-refractivity contribution in [3.05, 3.63) is 36.2 Å². The van der Waals surface area contributed by atoms with E-state index < -0.39 is 0 Å². The molecule has 3 rings (SSSR count). The van der Waals surface area contributed by atoms with Gasteiger partial charge in [-0.2, -0.15) is 0 Å². The van der Waals surface area contributed by atoms with Crippen LogP contribution in [0.1, 0.15) is 18.6 Å². The van der Waals surface area contributed by atoms with E-state index in [9.17, 15) is 0 Å². The fraction of sp³-hybridized carbons (Fsp3) is 0.438. The number of benzene rings is 1. The summed E-state index contributed by atoms with van der Waals surface area (Å²) in [6, 6.07) is 8.01. The van der Waals surface area contributed by atoms with Crippen LogP contribution in [0.25, 0.3) is 11.1 Å². The number of methoxy groups -OCH3 is 1. The van der Waals surface area contributed by atoms with Crippen LogP contribution in [0.4, 0.5) is 0 Å². The summed E-state index contributed by atoms with van der Waals surface area (Å²) in [6.45, 7) is 2.20. The maximum Gasteiger partial charge on any atom is 0.144 e. The molecule has 1 aliphatic heterocycles. The van der Waals surface area contributed by atoms with Crippen LogP contribution < -0.4 is 10.1 Å². The molecular formula is C16H20N2O2. The van der Waals surface area contributed by atoms with Gasteiger partial charge in [-0.05, 0) is 37.9 Å². The van der Waals surface area contributed by atoms with E-state index in [1.165, 1.54) is 12.8 Å². The Morgan fingerprint density at radius 2 is 2.05 bits per heavy atom. The normalized spacial score (nSPS) is 16.2. The van der Waals surface area contributed by atoms with Crippen molar-refractivity contribution in [3.8, 4) is 16.9 Å². The summed E-state index contributed by atoms with van der Waals surface area (Å²) in [5.74, 6) is 2.52. The monoisotopic (exact) mass is 272 g/mol. The summed E-state index contributed by atoms with van der Waals surface area (Å²) >= 11 is 0. The second-order valence-corrected chi connectivity index (χ2v) is 5.26. The van der Waals surface area contributed by atoms with Gasteiger partial charge in [-0.15, -0.1) is 0 Å². The molecule has 1 aromatic heterocycles. The second-order valence-electron chi connectivity index (χ2n) is 5.26. The fourth-order valence-electron chi connectivity index (χ4n) is 2.85. The molecule has 1 saturated heterocycles. The second kappa shape index (κ2) is 6.09. The van der Waals surface area contributed by atoms with Gasteiger partial charge in [-0.25, -0.2) is 0 Å². The number of para-hydroxylation sites is 1. The zero-order valence-corrected chi connectivity index (χ0v) is 11.8. The van der Waals surface area contributed by atoms with Crippen molar-refractivity contribution in [3.63, 3.8) is 0 Å². The van der Waals surface area contributed by atoms with Crippen LogP contribution in [0.3, 0.4) is 0 Å². The Kier molecular flexibility index (Phi) is 4.02. The fourth-order valence-corrected chi connectivity index (χ4v) is 2.85. The highest BCUT2D eigenvalue weighted by Gasteiger charge is 2.20. The van der Waals surface area contributed by atoms with E-state index in [0.29, 0.717) is 5.92 Å². The van der Waals surface area contributed by atoms with Crippen molar-refractivity contribution in [2.75, 3.05) is 20.2 Å². The lowest BCUT2D eigenvalue weighted by molar-refractivity contribution is 0.319. The molecule has 1 N–H and O–H groups in total. The van der Waals surface area contributed by atoms with Crippen LogP contribution >= 0.6 is 0 Å². The molecule has 2 heterocycles. The SMILES string of the molecule is COc1ccccc1-c1cnoc1CC1CCNCC1. The Hall–Kier alpha value is -1.81.